The fourth-order valence-corrected chi connectivity index (χ4v) is 2.58. The molecule has 1 aliphatic heterocycles. The van der Waals surface area contributed by atoms with E-state index >= 15 is 0 Å². The van der Waals surface area contributed by atoms with Crippen LogP contribution < -0.4 is 10.6 Å². The molecule has 4 nitrogen and oxygen atoms in total. The van der Waals surface area contributed by atoms with E-state index in [2.05, 4.69) is 17.2 Å². The van der Waals surface area contributed by atoms with E-state index in [0.717, 1.165) is 56.5 Å². The SMILES string of the molecule is C=CCNc1nc(CC2CC2)nc2c1CCNCC2.Cl.Cl. The van der Waals surface area contributed by atoms with Crippen LogP contribution in [0.3, 0.4) is 0 Å². The normalized spacial score (nSPS) is 16.8. The predicted octanol–water partition coefficient (Wildman–Crippen LogP) is 2.56. The number of aromatic nitrogens is 2. The van der Waals surface area contributed by atoms with Crippen LogP contribution in [0.4, 0.5) is 5.82 Å². The maximum atomic E-state index is 4.81. The lowest BCUT2D eigenvalue weighted by Crippen LogP contribution is -2.16. The predicted molar refractivity (Wildman–Crippen MR) is 91.9 cm³/mol. The lowest BCUT2D eigenvalue weighted by molar-refractivity contribution is 0.706. The van der Waals surface area contributed by atoms with Crippen molar-refractivity contribution in [1.82, 2.24) is 15.3 Å². The molecular weight excluding hydrogens is 307 g/mol. The van der Waals surface area contributed by atoms with Gasteiger partial charge in [-0.2, -0.15) is 0 Å². The van der Waals surface area contributed by atoms with Crippen LogP contribution in [0.15, 0.2) is 12.7 Å². The Morgan fingerprint density at radius 1 is 1.19 bits per heavy atom. The molecule has 118 valence electrons. The maximum Gasteiger partial charge on any atom is 0.133 e. The molecule has 21 heavy (non-hydrogen) atoms. The molecule has 0 radical (unpaired) electrons. The minimum atomic E-state index is 0. The van der Waals surface area contributed by atoms with Crippen molar-refractivity contribution < 1.29 is 0 Å². The van der Waals surface area contributed by atoms with Crippen molar-refractivity contribution in [3.63, 3.8) is 0 Å². The molecule has 1 fully saturated rings. The molecule has 2 heterocycles. The van der Waals surface area contributed by atoms with Crippen molar-refractivity contribution >= 4 is 30.6 Å². The average molecular weight is 331 g/mol. The largest absolute Gasteiger partial charge is 0.366 e. The minimum absolute atomic E-state index is 0. The lowest BCUT2D eigenvalue weighted by Gasteiger charge is -2.13. The van der Waals surface area contributed by atoms with Crippen molar-refractivity contribution in [2.24, 2.45) is 5.92 Å². The molecule has 0 spiro atoms. The van der Waals surface area contributed by atoms with E-state index in [1.54, 1.807) is 0 Å². The third-order valence-corrected chi connectivity index (χ3v) is 3.81. The van der Waals surface area contributed by atoms with Crippen LogP contribution in [0, 0.1) is 5.92 Å². The number of anilines is 1. The lowest BCUT2D eigenvalue weighted by atomic mass is 10.1. The zero-order valence-corrected chi connectivity index (χ0v) is 13.9. The van der Waals surface area contributed by atoms with Gasteiger partial charge in [-0.3, -0.25) is 0 Å². The highest BCUT2D eigenvalue weighted by Gasteiger charge is 2.24. The highest BCUT2D eigenvalue weighted by molar-refractivity contribution is 5.85. The molecule has 0 atom stereocenters. The van der Waals surface area contributed by atoms with Crippen LogP contribution >= 0.6 is 24.8 Å². The summed E-state index contributed by atoms with van der Waals surface area (Å²) in [7, 11) is 0. The van der Waals surface area contributed by atoms with Crippen LogP contribution in [0.25, 0.3) is 0 Å². The quantitative estimate of drug-likeness (QED) is 0.814. The van der Waals surface area contributed by atoms with Gasteiger partial charge in [0.05, 0.1) is 5.69 Å². The van der Waals surface area contributed by atoms with Crippen LogP contribution in [0.2, 0.25) is 0 Å². The first-order valence-electron chi connectivity index (χ1n) is 7.31. The molecule has 0 bridgehead atoms. The molecule has 0 unspecified atom stereocenters. The van der Waals surface area contributed by atoms with Crippen LogP contribution in [0.1, 0.15) is 29.9 Å². The first kappa shape index (κ1) is 18.2. The van der Waals surface area contributed by atoms with E-state index in [1.807, 2.05) is 6.08 Å². The first-order valence-corrected chi connectivity index (χ1v) is 7.31. The Balaban J connectivity index is 0.00000110. The number of nitrogens with one attached hydrogen (secondary N) is 2. The summed E-state index contributed by atoms with van der Waals surface area (Å²) in [6, 6.07) is 0. The Bertz CT molecular complexity index is 475. The molecule has 0 amide bonds. The maximum absolute atomic E-state index is 4.81. The van der Waals surface area contributed by atoms with Gasteiger partial charge in [0.1, 0.15) is 11.6 Å². The molecule has 1 saturated carbocycles. The number of hydrogen-bond donors (Lipinski definition) is 2. The van der Waals surface area contributed by atoms with Crippen molar-refractivity contribution in [2.75, 3.05) is 25.0 Å². The number of nitrogens with zero attached hydrogens (tertiary/aromatic N) is 2. The molecular formula is C15H24Cl2N4. The molecule has 1 aliphatic carbocycles. The topological polar surface area (TPSA) is 49.8 Å². The third kappa shape index (κ3) is 4.83. The van der Waals surface area contributed by atoms with Gasteiger partial charge in [-0.25, -0.2) is 9.97 Å². The standard InChI is InChI=1S/C15H22N4.2ClH/c1-2-7-17-15-12-5-8-16-9-6-13(12)18-14(19-15)10-11-3-4-11;;/h2,11,16H,1,3-10H2,(H,17,18,19);2*1H. The Morgan fingerprint density at radius 3 is 2.67 bits per heavy atom. The van der Waals surface area contributed by atoms with E-state index in [0.29, 0.717) is 0 Å². The van der Waals surface area contributed by atoms with Gasteiger partial charge < -0.3 is 10.6 Å². The van der Waals surface area contributed by atoms with Gasteiger partial charge in [0.25, 0.3) is 0 Å². The molecule has 3 rings (SSSR count). The second kappa shape index (κ2) is 8.57. The third-order valence-electron chi connectivity index (χ3n) is 3.81. The van der Waals surface area contributed by atoms with E-state index in [4.69, 9.17) is 9.97 Å². The molecule has 0 saturated heterocycles. The first-order chi connectivity index (χ1) is 9.36. The summed E-state index contributed by atoms with van der Waals surface area (Å²) < 4.78 is 0. The van der Waals surface area contributed by atoms with Gasteiger partial charge in [-0.1, -0.05) is 6.08 Å². The molecule has 0 aromatic carbocycles. The Labute approximate surface area is 139 Å². The minimum Gasteiger partial charge on any atom is -0.366 e. The van der Waals surface area contributed by atoms with Gasteiger partial charge in [-0.15, -0.1) is 31.4 Å². The average Bonchev–Trinajstić information content (AvgIpc) is 3.22. The summed E-state index contributed by atoms with van der Waals surface area (Å²) in [5.41, 5.74) is 2.54. The van der Waals surface area contributed by atoms with Gasteiger partial charge in [0.15, 0.2) is 0 Å². The number of rotatable bonds is 5. The summed E-state index contributed by atoms with van der Waals surface area (Å²) in [4.78, 5) is 9.55. The molecule has 1 aromatic heterocycles. The summed E-state index contributed by atoms with van der Waals surface area (Å²) in [6.07, 6.45) is 7.64. The second-order valence-electron chi connectivity index (χ2n) is 5.48. The van der Waals surface area contributed by atoms with E-state index in [-0.39, 0.29) is 24.8 Å². The van der Waals surface area contributed by atoms with Crippen molar-refractivity contribution in [3.8, 4) is 0 Å². The molecule has 1 aromatic rings. The van der Waals surface area contributed by atoms with E-state index in [1.165, 1.54) is 24.1 Å². The molecule has 2 aliphatic rings. The van der Waals surface area contributed by atoms with Crippen molar-refractivity contribution in [3.05, 3.63) is 29.7 Å². The summed E-state index contributed by atoms with van der Waals surface area (Å²) in [5.74, 6) is 2.88. The number of fused-ring (bicyclic) bond motifs is 1. The fraction of sp³-hybridized carbons (Fsp3) is 0.600. The van der Waals surface area contributed by atoms with Crippen LogP contribution in [0.5, 0.6) is 0 Å². The Hall–Kier alpha value is -0.840. The second-order valence-corrected chi connectivity index (χ2v) is 5.48. The zero-order valence-electron chi connectivity index (χ0n) is 12.2. The number of hydrogen-bond acceptors (Lipinski definition) is 4. The smallest absolute Gasteiger partial charge is 0.133 e. The van der Waals surface area contributed by atoms with Crippen LogP contribution in [-0.4, -0.2) is 29.6 Å². The van der Waals surface area contributed by atoms with Gasteiger partial charge in [0, 0.05) is 31.5 Å². The Morgan fingerprint density at radius 2 is 1.95 bits per heavy atom. The number of halogens is 2. The molecule has 6 heteroatoms. The van der Waals surface area contributed by atoms with E-state index < -0.39 is 0 Å². The van der Waals surface area contributed by atoms with E-state index in [9.17, 15) is 0 Å². The molecule has 2 N–H and O–H groups in total. The Kier molecular flexibility index (Phi) is 7.43. The van der Waals surface area contributed by atoms with Gasteiger partial charge in [-0.05, 0) is 31.7 Å². The summed E-state index contributed by atoms with van der Waals surface area (Å²) >= 11 is 0. The van der Waals surface area contributed by atoms with Crippen molar-refractivity contribution in [2.45, 2.75) is 32.1 Å². The highest BCUT2D eigenvalue weighted by Crippen LogP contribution is 2.32. The van der Waals surface area contributed by atoms with Crippen molar-refractivity contribution in [1.29, 1.82) is 0 Å². The van der Waals surface area contributed by atoms with Gasteiger partial charge in [0.2, 0.25) is 0 Å². The van der Waals surface area contributed by atoms with Gasteiger partial charge >= 0.3 is 0 Å². The zero-order chi connectivity index (χ0) is 13.1. The monoisotopic (exact) mass is 330 g/mol. The highest BCUT2D eigenvalue weighted by atomic mass is 35.5. The fourth-order valence-electron chi connectivity index (χ4n) is 2.58. The summed E-state index contributed by atoms with van der Waals surface area (Å²) in [5, 5.41) is 6.82. The summed E-state index contributed by atoms with van der Waals surface area (Å²) in [6.45, 7) is 6.57. The van der Waals surface area contributed by atoms with Crippen LogP contribution in [-0.2, 0) is 19.3 Å².